The van der Waals surface area contributed by atoms with Gasteiger partial charge in [0.25, 0.3) is 0 Å². The predicted octanol–water partition coefficient (Wildman–Crippen LogP) is 2.08. The first-order valence-electron chi connectivity index (χ1n) is 9.45. The van der Waals surface area contributed by atoms with Gasteiger partial charge in [0.15, 0.2) is 5.96 Å². The van der Waals surface area contributed by atoms with Crippen LogP contribution in [0.5, 0.6) is 0 Å². The molecule has 3 N–H and O–H groups in total. The Morgan fingerprint density at radius 1 is 1.23 bits per heavy atom. The third kappa shape index (κ3) is 6.96. The summed E-state index contributed by atoms with van der Waals surface area (Å²) in [6, 6.07) is 6.32. The van der Waals surface area contributed by atoms with Crippen molar-refractivity contribution in [2.75, 3.05) is 25.4 Å². The number of aliphatic imine (C=N–C) groups is 1. The Kier molecular flexibility index (Phi) is 7.90. The Balaban J connectivity index is 1.82. The average Bonchev–Trinajstić information content (AvgIpc) is 2.52. The van der Waals surface area contributed by atoms with Gasteiger partial charge in [-0.1, -0.05) is 30.2 Å². The SMILES string of the molecule is CCNC(=NCc1ccc(C)cc1C)NCCS(=O)(=O)NCC1CCC1. The van der Waals surface area contributed by atoms with Crippen LogP contribution < -0.4 is 15.4 Å². The molecule has 7 heteroatoms. The summed E-state index contributed by atoms with van der Waals surface area (Å²) in [5, 5.41) is 6.28. The topological polar surface area (TPSA) is 82.6 Å². The predicted molar refractivity (Wildman–Crippen MR) is 108 cm³/mol. The maximum Gasteiger partial charge on any atom is 0.213 e. The van der Waals surface area contributed by atoms with E-state index in [1.807, 2.05) is 6.92 Å². The number of benzene rings is 1. The van der Waals surface area contributed by atoms with Gasteiger partial charge in [-0.05, 0) is 50.7 Å². The fraction of sp³-hybridized carbons (Fsp3) is 0.632. The molecular weight excluding hydrogens is 348 g/mol. The van der Waals surface area contributed by atoms with Gasteiger partial charge in [-0.25, -0.2) is 18.1 Å². The molecule has 6 nitrogen and oxygen atoms in total. The van der Waals surface area contributed by atoms with Gasteiger partial charge < -0.3 is 10.6 Å². The van der Waals surface area contributed by atoms with Gasteiger partial charge in [0.05, 0.1) is 12.3 Å². The van der Waals surface area contributed by atoms with E-state index >= 15 is 0 Å². The van der Waals surface area contributed by atoms with Gasteiger partial charge in [-0.2, -0.15) is 0 Å². The van der Waals surface area contributed by atoms with E-state index in [1.54, 1.807) is 0 Å². The van der Waals surface area contributed by atoms with Crippen molar-refractivity contribution in [1.29, 1.82) is 0 Å². The molecule has 1 aliphatic rings. The zero-order valence-corrected chi connectivity index (χ0v) is 17.0. The van der Waals surface area contributed by atoms with Crippen molar-refractivity contribution >= 4 is 16.0 Å². The number of rotatable bonds is 9. The third-order valence-corrected chi connectivity index (χ3v) is 6.08. The monoisotopic (exact) mass is 380 g/mol. The molecule has 0 heterocycles. The minimum Gasteiger partial charge on any atom is -0.357 e. The highest BCUT2D eigenvalue weighted by Crippen LogP contribution is 2.25. The number of hydrogen-bond acceptors (Lipinski definition) is 3. The van der Waals surface area contributed by atoms with Gasteiger partial charge in [0, 0.05) is 19.6 Å². The van der Waals surface area contributed by atoms with Gasteiger partial charge in [-0.3, -0.25) is 0 Å². The van der Waals surface area contributed by atoms with Crippen molar-refractivity contribution in [3.8, 4) is 0 Å². The van der Waals surface area contributed by atoms with Crippen molar-refractivity contribution in [1.82, 2.24) is 15.4 Å². The molecule has 1 aromatic carbocycles. The molecule has 0 bridgehead atoms. The largest absolute Gasteiger partial charge is 0.357 e. The van der Waals surface area contributed by atoms with E-state index in [1.165, 1.54) is 23.1 Å². The molecule has 146 valence electrons. The lowest BCUT2D eigenvalue weighted by Gasteiger charge is -2.25. The molecule has 0 spiro atoms. The zero-order chi connectivity index (χ0) is 19.0. The molecule has 1 fully saturated rings. The van der Waals surface area contributed by atoms with Gasteiger partial charge in [0.1, 0.15) is 0 Å². The van der Waals surface area contributed by atoms with Crippen LogP contribution in [0.4, 0.5) is 0 Å². The van der Waals surface area contributed by atoms with Crippen LogP contribution in [-0.2, 0) is 16.6 Å². The number of guanidine groups is 1. The van der Waals surface area contributed by atoms with E-state index in [4.69, 9.17) is 0 Å². The van der Waals surface area contributed by atoms with Crippen LogP contribution >= 0.6 is 0 Å². The maximum atomic E-state index is 12.1. The summed E-state index contributed by atoms with van der Waals surface area (Å²) >= 11 is 0. The molecule has 1 saturated carbocycles. The molecule has 0 aliphatic heterocycles. The summed E-state index contributed by atoms with van der Waals surface area (Å²) in [6.07, 6.45) is 3.49. The molecule has 0 aromatic heterocycles. The second kappa shape index (κ2) is 9.92. The van der Waals surface area contributed by atoms with E-state index in [9.17, 15) is 8.42 Å². The van der Waals surface area contributed by atoms with Crippen LogP contribution in [0.25, 0.3) is 0 Å². The summed E-state index contributed by atoms with van der Waals surface area (Å²) in [4.78, 5) is 4.57. The smallest absolute Gasteiger partial charge is 0.213 e. The van der Waals surface area contributed by atoms with Crippen molar-refractivity contribution < 1.29 is 8.42 Å². The molecule has 2 rings (SSSR count). The van der Waals surface area contributed by atoms with Crippen LogP contribution in [-0.4, -0.2) is 39.8 Å². The second-order valence-electron chi connectivity index (χ2n) is 7.02. The highest BCUT2D eigenvalue weighted by molar-refractivity contribution is 7.89. The van der Waals surface area contributed by atoms with Crippen LogP contribution in [0.15, 0.2) is 23.2 Å². The minimum atomic E-state index is -3.24. The fourth-order valence-electron chi connectivity index (χ4n) is 2.85. The first kappa shape index (κ1) is 20.7. The number of hydrogen-bond donors (Lipinski definition) is 3. The molecule has 0 amide bonds. The van der Waals surface area contributed by atoms with Gasteiger partial charge in [0.2, 0.25) is 10.0 Å². The highest BCUT2D eigenvalue weighted by atomic mass is 32.2. The third-order valence-electron chi connectivity index (χ3n) is 4.73. The normalized spacial score (nSPS) is 15.6. The van der Waals surface area contributed by atoms with Crippen molar-refractivity contribution in [2.45, 2.75) is 46.6 Å². The Hall–Kier alpha value is -1.60. The molecule has 0 atom stereocenters. The first-order valence-corrected chi connectivity index (χ1v) is 11.1. The van der Waals surface area contributed by atoms with Crippen LogP contribution in [0.2, 0.25) is 0 Å². The van der Waals surface area contributed by atoms with Crippen LogP contribution in [0.1, 0.15) is 42.9 Å². The highest BCUT2D eigenvalue weighted by Gasteiger charge is 2.20. The Bertz CT molecular complexity index is 712. The van der Waals surface area contributed by atoms with Gasteiger partial charge >= 0.3 is 0 Å². The molecule has 1 aliphatic carbocycles. The molecular formula is C19H32N4O2S. The number of nitrogens with one attached hydrogen (secondary N) is 3. The lowest BCUT2D eigenvalue weighted by atomic mass is 9.86. The maximum absolute atomic E-state index is 12.1. The zero-order valence-electron chi connectivity index (χ0n) is 16.1. The summed E-state index contributed by atoms with van der Waals surface area (Å²) in [7, 11) is -3.24. The van der Waals surface area contributed by atoms with Crippen molar-refractivity contribution in [2.24, 2.45) is 10.9 Å². The van der Waals surface area contributed by atoms with E-state index in [0.29, 0.717) is 31.5 Å². The molecule has 26 heavy (non-hydrogen) atoms. The Labute approximate surface area is 157 Å². The van der Waals surface area contributed by atoms with Crippen LogP contribution in [0, 0.1) is 19.8 Å². The summed E-state index contributed by atoms with van der Waals surface area (Å²) < 4.78 is 26.8. The summed E-state index contributed by atoms with van der Waals surface area (Å²) in [5.41, 5.74) is 3.62. The summed E-state index contributed by atoms with van der Waals surface area (Å²) in [6.45, 7) is 8.34. The lowest BCUT2D eigenvalue weighted by Crippen LogP contribution is -2.42. The number of aryl methyl sites for hydroxylation is 2. The molecule has 0 saturated heterocycles. The first-order chi connectivity index (χ1) is 12.4. The fourth-order valence-corrected chi connectivity index (χ4v) is 3.85. The lowest BCUT2D eigenvalue weighted by molar-refractivity contribution is 0.316. The van der Waals surface area contributed by atoms with Gasteiger partial charge in [-0.15, -0.1) is 0 Å². The molecule has 0 unspecified atom stereocenters. The van der Waals surface area contributed by atoms with E-state index in [2.05, 4.69) is 52.4 Å². The minimum absolute atomic E-state index is 0.0493. The quantitative estimate of drug-likeness (QED) is 0.452. The van der Waals surface area contributed by atoms with Crippen molar-refractivity contribution in [3.05, 3.63) is 34.9 Å². The molecule has 0 radical (unpaired) electrons. The number of nitrogens with zero attached hydrogens (tertiary/aromatic N) is 1. The second-order valence-corrected chi connectivity index (χ2v) is 8.94. The van der Waals surface area contributed by atoms with Crippen molar-refractivity contribution in [3.63, 3.8) is 0 Å². The number of sulfonamides is 1. The summed E-state index contributed by atoms with van der Waals surface area (Å²) in [5.74, 6) is 1.21. The van der Waals surface area contributed by atoms with E-state index in [-0.39, 0.29) is 5.75 Å². The molecule has 1 aromatic rings. The average molecular weight is 381 g/mol. The van der Waals surface area contributed by atoms with E-state index in [0.717, 1.165) is 19.4 Å². The van der Waals surface area contributed by atoms with Crippen LogP contribution in [0.3, 0.4) is 0 Å². The standard InChI is InChI=1S/C19H32N4O2S/c1-4-20-19(22-14-18-9-8-15(2)12-16(18)3)21-10-11-26(24,25)23-13-17-6-5-7-17/h8-9,12,17,23H,4-7,10-11,13-14H2,1-3H3,(H2,20,21,22). The Morgan fingerprint density at radius 2 is 2.00 bits per heavy atom. The Morgan fingerprint density at radius 3 is 2.62 bits per heavy atom. The van der Waals surface area contributed by atoms with E-state index < -0.39 is 10.0 Å².